The zero-order valence-electron chi connectivity index (χ0n) is 16.5. The van der Waals surface area contributed by atoms with Gasteiger partial charge in [0.05, 0.1) is 23.5 Å². The van der Waals surface area contributed by atoms with Crippen molar-refractivity contribution in [1.29, 1.82) is 0 Å². The van der Waals surface area contributed by atoms with E-state index >= 15 is 0 Å². The van der Waals surface area contributed by atoms with Gasteiger partial charge in [0.15, 0.2) is 0 Å². The third-order valence-electron chi connectivity index (χ3n) is 5.73. The summed E-state index contributed by atoms with van der Waals surface area (Å²) in [5, 5.41) is 8.24. The molecule has 0 fully saturated rings. The minimum absolute atomic E-state index is 0.0404. The van der Waals surface area contributed by atoms with Gasteiger partial charge in [-0.3, -0.25) is 14.5 Å². The minimum Gasteiger partial charge on any atom is -0.328 e. The van der Waals surface area contributed by atoms with Gasteiger partial charge in [0, 0.05) is 37.3 Å². The second-order valence-corrected chi connectivity index (χ2v) is 7.94. The van der Waals surface area contributed by atoms with Crippen molar-refractivity contribution in [1.82, 2.24) is 25.0 Å². The average molecular weight is 365 g/mol. The van der Waals surface area contributed by atoms with Crippen LogP contribution in [0.5, 0.6) is 0 Å². The fourth-order valence-electron chi connectivity index (χ4n) is 4.05. The molecule has 3 atom stereocenters. The molecule has 6 nitrogen and oxygen atoms in total. The standard InChI is InChI=1S/C21H27N5O/c1-12(2)18-7-6-16(9-23-18)15(5)25-11-14(4)26-20(21(25)27)17-10-22-13(3)8-19(17)24-26/h6-7,9,13-15,22H,1,8,10-11H2,2-5H3/t13-,14-,15?/m1/s1. The van der Waals surface area contributed by atoms with E-state index in [4.69, 9.17) is 5.10 Å². The Hall–Kier alpha value is -2.47. The Balaban J connectivity index is 1.66. The van der Waals surface area contributed by atoms with Crippen molar-refractivity contribution in [3.63, 3.8) is 0 Å². The maximum Gasteiger partial charge on any atom is 0.273 e. The molecule has 1 amide bonds. The minimum atomic E-state index is -0.0404. The average Bonchev–Trinajstić information content (AvgIpc) is 3.03. The van der Waals surface area contributed by atoms with E-state index in [0.717, 1.165) is 40.2 Å². The van der Waals surface area contributed by atoms with Gasteiger partial charge in [-0.15, -0.1) is 0 Å². The van der Waals surface area contributed by atoms with Crippen LogP contribution in [0.1, 0.15) is 72.8 Å². The lowest BCUT2D eigenvalue weighted by atomic mass is 9.99. The van der Waals surface area contributed by atoms with E-state index in [1.807, 2.05) is 34.8 Å². The molecule has 0 aromatic carbocycles. The molecule has 27 heavy (non-hydrogen) atoms. The number of amides is 1. The molecule has 142 valence electrons. The summed E-state index contributed by atoms with van der Waals surface area (Å²) in [6.07, 6.45) is 2.73. The highest BCUT2D eigenvalue weighted by Gasteiger charge is 2.38. The van der Waals surface area contributed by atoms with E-state index in [1.54, 1.807) is 0 Å². The van der Waals surface area contributed by atoms with Gasteiger partial charge in [0.1, 0.15) is 5.69 Å². The number of pyridine rings is 1. The number of carbonyl (C=O) groups is 1. The molecule has 1 N–H and O–H groups in total. The Morgan fingerprint density at radius 3 is 2.81 bits per heavy atom. The first-order valence-corrected chi connectivity index (χ1v) is 9.63. The largest absolute Gasteiger partial charge is 0.328 e. The van der Waals surface area contributed by atoms with E-state index in [-0.39, 0.29) is 18.0 Å². The molecule has 0 spiro atoms. The third kappa shape index (κ3) is 2.98. The number of hydrogen-bond acceptors (Lipinski definition) is 4. The molecule has 0 aliphatic carbocycles. The normalized spacial score (nSPS) is 23.0. The Bertz CT molecular complexity index is 898. The number of nitrogens with one attached hydrogen (secondary N) is 1. The Labute approximate surface area is 160 Å². The van der Waals surface area contributed by atoms with E-state index in [0.29, 0.717) is 19.1 Å². The number of allylic oxidation sites excluding steroid dienone is 1. The molecular formula is C21H27N5O. The highest BCUT2D eigenvalue weighted by molar-refractivity contribution is 5.95. The molecule has 2 aromatic heterocycles. The van der Waals surface area contributed by atoms with Gasteiger partial charge in [0.2, 0.25) is 0 Å². The number of hydrogen-bond donors (Lipinski definition) is 1. The van der Waals surface area contributed by atoms with Gasteiger partial charge in [0.25, 0.3) is 5.91 Å². The molecule has 0 radical (unpaired) electrons. The first-order valence-electron chi connectivity index (χ1n) is 9.63. The number of fused-ring (bicyclic) bond motifs is 3. The van der Waals surface area contributed by atoms with Crippen molar-refractivity contribution in [3.05, 3.63) is 53.1 Å². The molecule has 0 saturated carbocycles. The summed E-state index contributed by atoms with van der Waals surface area (Å²) in [6.45, 7) is 13.6. The van der Waals surface area contributed by atoms with Crippen LogP contribution in [0.3, 0.4) is 0 Å². The van der Waals surface area contributed by atoms with Crippen LogP contribution >= 0.6 is 0 Å². The highest BCUT2D eigenvalue weighted by atomic mass is 16.2. The topological polar surface area (TPSA) is 63.1 Å². The molecule has 0 bridgehead atoms. The predicted octanol–water partition coefficient (Wildman–Crippen LogP) is 3.12. The molecule has 6 heteroatoms. The summed E-state index contributed by atoms with van der Waals surface area (Å²) in [7, 11) is 0. The lowest BCUT2D eigenvalue weighted by Crippen LogP contribution is -2.44. The van der Waals surface area contributed by atoms with Crippen molar-refractivity contribution < 1.29 is 4.79 Å². The number of nitrogens with zero attached hydrogens (tertiary/aromatic N) is 4. The quantitative estimate of drug-likeness (QED) is 0.908. The van der Waals surface area contributed by atoms with Crippen molar-refractivity contribution >= 4 is 11.5 Å². The van der Waals surface area contributed by atoms with Crippen LogP contribution in [0.15, 0.2) is 24.9 Å². The van der Waals surface area contributed by atoms with Crippen LogP contribution in [0.4, 0.5) is 0 Å². The molecule has 2 aliphatic rings. The highest BCUT2D eigenvalue weighted by Crippen LogP contribution is 2.33. The van der Waals surface area contributed by atoms with Gasteiger partial charge >= 0.3 is 0 Å². The van der Waals surface area contributed by atoms with E-state index in [1.165, 1.54) is 0 Å². The summed E-state index contributed by atoms with van der Waals surface area (Å²) < 4.78 is 1.94. The Morgan fingerprint density at radius 2 is 2.15 bits per heavy atom. The van der Waals surface area contributed by atoms with E-state index < -0.39 is 0 Å². The Morgan fingerprint density at radius 1 is 1.37 bits per heavy atom. The van der Waals surface area contributed by atoms with Gasteiger partial charge in [-0.1, -0.05) is 12.6 Å². The first-order chi connectivity index (χ1) is 12.9. The zero-order chi connectivity index (χ0) is 19.3. The summed E-state index contributed by atoms with van der Waals surface area (Å²) in [4.78, 5) is 19.8. The predicted molar refractivity (Wildman–Crippen MR) is 105 cm³/mol. The third-order valence-corrected chi connectivity index (χ3v) is 5.73. The number of rotatable bonds is 3. The monoisotopic (exact) mass is 365 g/mol. The molecule has 2 aliphatic heterocycles. The van der Waals surface area contributed by atoms with Crippen LogP contribution in [0, 0.1) is 0 Å². The van der Waals surface area contributed by atoms with Crippen LogP contribution < -0.4 is 5.32 Å². The fraction of sp³-hybridized carbons (Fsp3) is 0.476. The lowest BCUT2D eigenvalue weighted by molar-refractivity contribution is 0.0584. The SMILES string of the molecule is C=C(C)c1ccc(C(C)N2C[C@@H](C)n3nc4c(c3C2=O)CN[C@H](C)C4)cn1. The Kier molecular flexibility index (Phi) is 4.38. The van der Waals surface area contributed by atoms with E-state index in [2.05, 4.69) is 37.7 Å². The van der Waals surface area contributed by atoms with Crippen molar-refractivity contribution in [2.24, 2.45) is 0 Å². The fourth-order valence-corrected chi connectivity index (χ4v) is 4.05. The van der Waals surface area contributed by atoms with Crippen LogP contribution in [-0.2, 0) is 13.0 Å². The molecule has 0 saturated heterocycles. The second-order valence-electron chi connectivity index (χ2n) is 7.94. The summed E-state index contributed by atoms with van der Waals surface area (Å²) in [5.41, 5.74) is 5.75. The molecule has 4 heterocycles. The molecular weight excluding hydrogens is 338 g/mol. The summed E-state index contributed by atoms with van der Waals surface area (Å²) in [5.74, 6) is 0.0645. The van der Waals surface area contributed by atoms with Crippen LogP contribution in [0.25, 0.3) is 5.57 Å². The molecule has 1 unspecified atom stereocenters. The second kappa shape index (κ2) is 6.60. The first kappa shape index (κ1) is 17.9. The molecule has 2 aromatic rings. The van der Waals surface area contributed by atoms with Crippen molar-refractivity contribution in [2.45, 2.75) is 58.8 Å². The number of carbonyl (C=O) groups excluding carboxylic acids is 1. The molecule has 4 rings (SSSR count). The maximum absolute atomic E-state index is 13.4. The maximum atomic E-state index is 13.4. The van der Waals surface area contributed by atoms with Gasteiger partial charge < -0.3 is 10.2 Å². The lowest BCUT2D eigenvalue weighted by Gasteiger charge is -2.36. The van der Waals surface area contributed by atoms with Gasteiger partial charge in [-0.05, 0) is 44.9 Å². The van der Waals surface area contributed by atoms with E-state index in [9.17, 15) is 4.79 Å². The van der Waals surface area contributed by atoms with Crippen LogP contribution in [-0.4, -0.2) is 38.2 Å². The van der Waals surface area contributed by atoms with Gasteiger partial charge in [-0.2, -0.15) is 5.10 Å². The smallest absolute Gasteiger partial charge is 0.273 e. The van der Waals surface area contributed by atoms with Crippen LogP contribution in [0.2, 0.25) is 0 Å². The zero-order valence-corrected chi connectivity index (χ0v) is 16.5. The van der Waals surface area contributed by atoms with Crippen molar-refractivity contribution in [2.75, 3.05) is 6.54 Å². The summed E-state index contributed by atoms with van der Waals surface area (Å²) >= 11 is 0. The van der Waals surface area contributed by atoms with Gasteiger partial charge in [-0.25, -0.2) is 0 Å². The summed E-state index contributed by atoms with van der Waals surface area (Å²) in [6, 6.07) is 4.53. The number of aromatic nitrogens is 3. The van der Waals surface area contributed by atoms with Crippen molar-refractivity contribution in [3.8, 4) is 0 Å².